The number of aromatic nitrogens is 3. The Balaban J connectivity index is 2.31. The fourth-order valence-corrected chi connectivity index (χ4v) is 1.71. The Morgan fingerprint density at radius 3 is 2.89 bits per heavy atom. The summed E-state index contributed by atoms with van der Waals surface area (Å²) in [4.78, 5) is 10.3. The van der Waals surface area contributed by atoms with Crippen molar-refractivity contribution in [2.75, 3.05) is 0 Å². The van der Waals surface area contributed by atoms with E-state index in [2.05, 4.69) is 10.3 Å². The van der Waals surface area contributed by atoms with E-state index in [4.69, 9.17) is 11.6 Å². The minimum absolute atomic E-state index is 0.0602. The van der Waals surface area contributed by atoms with Gasteiger partial charge in [0.05, 0.1) is 28.6 Å². The number of alkyl halides is 1. The summed E-state index contributed by atoms with van der Waals surface area (Å²) in [5, 5.41) is 18.2. The van der Waals surface area contributed by atoms with E-state index >= 15 is 0 Å². The van der Waals surface area contributed by atoms with Crippen LogP contribution in [0.2, 0.25) is 0 Å². The quantitative estimate of drug-likeness (QED) is 0.491. The molecule has 0 amide bonds. The van der Waals surface area contributed by atoms with Crippen LogP contribution in [0.5, 0.6) is 0 Å². The van der Waals surface area contributed by atoms with Crippen LogP contribution in [0.1, 0.15) is 23.6 Å². The zero-order chi connectivity index (χ0) is 14.0. The highest BCUT2D eigenvalue weighted by atomic mass is 35.5. The standard InChI is InChI=1S/C11H10ClFN4O2/c1-7(12)10-6-16(15-14-10)5-8-4-9(13)2-3-11(8)17(18)19/h2-4,6-7H,5H2,1H3. The lowest BCUT2D eigenvalue weighted by atomic mass is 10.2. The number of nitrogens with zero attached hydrogens (tertiary/aromatic N) is 4. The SMILES string of the molecule is CC(Cl)c1cn(Cc2cc(F)ccc2[N+](=O)[O-])nn1. The molecule has 1 unspecified atom stereocenters. The van der Waals surface area contributed by atoms with E-state index in [0.29, 0.717) is 5.69 Å². The monoisotopic (exact) mass is 284 g/mol. The van der Waals surface area contributed by atoms with Gasteiger partial charge < -0.3 is 0 Å². The Labute approximate surface area is 113 Å². The molecule has 0 saturated carbocycles. The Kier molecular flexibility index (Phi) is 3.75. The first-order chi connectivity index (χ1) is 8.97. The van der Waals surface area contributed by atoms with E-state index in [1.165, 1.54) is 4.68 Å². The van der Waals surface area contributed by atoms with Gasteiger partial charge in [0.1, 0.15) is 11.5 Å². The Morgan fingerprint density at radius 2 is 2.32 bits per heavy atom. The van der Waals surface area contributed by atoms with Gasteiger partial charge in [-0.15, -0.1) is 16.7 Å². The molecule has 0 fully saturated rings. The summed E-state index contributed by atoms with van der Waals surface area (Å²) in [7, 11) is 0. The molecule has 8 heteroatoms. The number of hydrogen-bond acceptors (Lipinski definition) is 4. The van der Waals surface area contributed by atoms with Crippen LogP contribution < -0.4 is 0 Å². The minimum Gasteiger partial charge on any atom is -0.258 e. The smallest absolute Gasteiger partial charge is 0.258 e. The highest BCUT2D eigenvalue weighted by Gasteiger charge is 2.16. The predicted molar refractivity (Wildman–Crippen MR) is 66.4 cm³/mol. The van der Waals surface area contributed by atoms with E-state index in [0.717, 1.165) is 18.2 Å². The molecule has 0 N–H and O–H groups in total. The van der Waals surface area contributed by atoms with Gasteiger partial charge in [-0.05, 0) is 19.1 Å². The van der Waals surface area contributed by atoms with Gasteiger partial charge in [-0.25, -0.2) is 9.07 Å². The highest BCUT2D eigenvalue weighted by Crippen LogP contribution is 2.21. The number of benzene rings is 1. The summed E-state index contributed by atoms with van der Waals surface area (Å²) < 4.78 is 14.5. The Bertz CT molecular complexity index is 614. The fraction of sp³-hybridized carbons (Fsp3) is 0.273. The molecule has 0 radical (unpaired) electrons. The third-order valence-corrected chi connectivity index (χ3v) is 2.76. The molecule has 1 atom stereocenters. The predicted octanol–water partition coefficient (Wildman–Crippen LogP) is 2.67. The summed E-state index contributed by atoms with van der Waals surface area (Å²) in [6.45, 7) is 1.80. The lowest BCUT2D eigenvalue weighted by Crippen LogP contribution is -2.04. The van der Waals surface area contributed by atoms with E-state index < -0.39 is 10.7 Å². The second kappa shape index (κ2) is 5.31. The molecule has 0 saturated heterocycles. The van der Waals surface area contributed by atoms with Gasteiger partial charge >= 0.3 is 0 Å². The van der Waals surface area contributed by atoms with E-state index in [1.54, 1.807) is 13.1 Å². The minimum atomic E-state index is -0.559. The zero-order valence-electron chi connectivity index (χ0n) is 9.96. The van der Waals surface area contributed by atoms with Crippen LogP contribution in [0.4, 0.5) is 10.1 Å². The molecule has 2 rings (SSSR count). The van der Waals surface area contributed by atoms with Gasteiger partial charge in [-0.2, -0.15) is 0 Å². The largest absolute Gasteiger partial charge is 0.274 e. The summed E-state index contributed by atoms with van der Waals surface area (Å²) in [5.74, 6) is -0.536. The first-order valence-electron chi connectivity index (χ1n) is 5.44. The number of halogens is 2. The molecule has 1 aromatic carbocycles. The van der Waals surface area contributed by atoms with Crippen LogP contribution in [0.25, 0.3) is 0 Å². The van der Waals surface area contributed by atoms with E-state index in [9.17, 15) is 14.5 Å². The normalized spacial score (nSPS) is 12.4. The number of rotatable bonds is 4. The average molecular weight is 285 g/mol. The lowest BCUT2D eigenvalue weighted by Gasteiger charge is -2.03. The van der Waals surface area contributed by atoms with Crippen LogP contribution in [-0.2, 0) is 6.54 Å². The Hall–Kier alpha value is -2.02. The number of nitro groups is 1. The van der Waals surface area contributed by atoms with Crippen molar-refractivity contribution in [3.8, 4) is 0 Å². The molecule has 100 valence electrons. The van der Waals surface area contributed by atoms with Crippen molar-refractivity contribution >= 4 is 17.3 Å². The van der Waals surface area contributed by atoms with E-state index in [1.807, 2.05) is 0 Å². The zero-order valence-corrected chi connectivity index (χ0v) is 10.7. The number of nitro benzene ring substituents is 1. The maximum absolute atomic E-state index is 13.2. The highest BCUT2D eigenvalue weighted by molar-refractivity contribution is 6.20. The Morgan fingerprint density at radius 1 is 1.58 bits per heavy atom. The van der Waals surface area contributed by atoms with Gasteiger partial charge in [0.15, 0.2) is 0 Å². The van der Waals surface area contributed by atoms with Gasteiger partial charge in [-0.1, -0.05) is 5.21 Å². The maximum Gasteiger partial charge on any atom is 0.274 e. The van der Waals surface area contributed by atoms with Crippen LogP contribution in [0.15, 0.2) is 24.4 Å². The second-order valence-corrected chi connectivity index (χ2v) is 4.64. The van der Waals surface area contributed by atoms with Gasteiger partial charge in [0.25, 0.3) is 5.69 Å². The summed E-state index contributed by atoms with van der Waals surface area (Å²) >= 11 is 5.84. The van der Waals surface area contributed by atoms with Crippen molar-refractivity contribution < 1.29 is 9.31 Å². The van der Waals surface area contributed by atoms with Crippen molar-refractivity contribution in [1.82, 2.24) is 15.0 Å². The van der Waals surface area contributed by atoms with Crippen molar-refractivity contribution in [3.63, 3.8) is 0 Å². The molecule has 0 bridgehead atoms. The molecular formula is C11H10ClFN4O2. The molecular weight excluding hydrogens is 275 g/mol. The molecule has 19 heavy (non-hydrogen) atoms. The maximum atomic E-state index is 13.2. The van der Waals surface area contributed by atoms with Gasteiger partial charge in [0.2, 0.25) is 0 Å². The molecule has 0 aliphatic carbocycles. The first kappa shape index (κ1) is 13.4. The summed E-state index contributed by atoms with van der Waals surface area (Å²) in [5.41, 5.74) is 0.627. The topological polar surface area (TPSA) is 73.8 Å². The van der Waals surface area contributed by atoms with Crippen molar-refractivity contribution in [1.29, 1.82) is 0 Å². The number of hydrogen-bond donors (Lipinski definition) is 0. The first-order valence-corrected chi connectivity index (χ1v) is 5.88. The van der Waals surface area contributed by atoms with E-state index in [-0.39, 0.29) is 23.2 Å². The molecule has 1 aromatic heterocycles. The van der Waals surface area contributed by atoms with Gasteiger partial charge in [0, 0.05) is 6.07 Å². The van der Waals surface area contributed by atoms with Crippen LogP contribution in [0.3, 0.4) is 0 Å². The third-order valence-electron chi connectivity index (χ3n) is 2.53. The summed E-state index contributed by atoms with van der Waals surface area (Å²) in [6, 6.07) is 3.30. The fourth-order valence-electron chi connectivity index (χ4n) is 1.61. The molecule has 0 aliphatic rings. The average Bonchev–Trinajstić information content (AvgIpc) is 2.77. The van der Waals surface area contributed by atoms with Crippen LogP contribution >= 0.6 is 11.6 Å². The molecule has 0 spiro atoms. The molecule has 6 nitrogen and oxygen atoms in total. The van der Waals surface area contributed by atoms with Crippen LogP contribution in [-0.4, -0.2) is 19.9 Å². The third kappa shape index (κ3) is 3.05. The second-order valence-electron chi connectivity index (χ2n) is 3.99. The summed E-state index contributed by atoms with van der Waals surface area (Å²) in [6.07, 6.45) is 1.58. The molecule has 1 heterocycles. The van der Waals surface area contributed by atoms with Crippen molar-refractivity contribution in [3.05, 3.63) is 51.6 Å². The molecule has 0 aliphatic heterocycles. The van der Waals surface area contributed by atoms with Crippen molar-refractivity contribution in [2.24, 2.45) is 0 Å². The lowest BCUT2D eigenvalue weighted by molar-refractivity contribution is -0.385. The molecule has 2 aromatic rings. The van der Waals surface area contributed by atoms with Crippen molar-refractivity contribution in [2.45, 2.75) is 18.8 Å². The van der Waals surface area contributed by atoms with Gasteiger partial charge in [-0.3, -0.25) is 10.1 Å². The van der Waals surface area contributed by atoms with Crippen LogP contribution in [0, 0.1) is 15.9 Å².